The van der Waals surface area contributed by atoms with Crippen molar-refractivity contribution in [2.24, 2.45) is 0 Å². The quantitative estimate of drug-likeness (QED) is 0.691. The van der Waals surface area contributed by atoms with Crippen LogP contribution in [0.5, 0.6) is 0 Å². The first-order valence-electron chi connectivity index (χ1n) is 10.6. The van der Waals surface area contributed by atoms with E-state index in [1.165, 1.54) is 12.0 Å². The second-order valence-corrected chi connectivity index (χ2v) is 8.04. The first kappa shape index (κ1) is 18.1. The van der Waals surface area contributed by atoms with Crippen LogP contribution < -0.4 is 4.90 Å². The standard InChI is InChI=1S/C23H26N6/c24-15-19-20-9-5-2-6-10-29(20)22-21(19)25-17-26-23(22)28-13-11-27(12-14-28)16-18-7-3-1-4-8-18/h1,3-4,7-8,17H,2,5-6,9-14,16H2. The first-order chi connectivity index (χ1) is 14.3. The minimum atomic E-state index is 0.758. The molecular weight excluding hydrogens is 360 g/mol. The third-order valence-corrected chi connectivity index (χ3v) is 6.25. The number of piperazine rings is 1. The van der Waals surface area contributed by atoms with Crippen molar-refractivity contribution >= 4 is 16.9 Å². The van der Waals surface area contributed by atoms with E-state index in [0.717, 1.165) is 86.6 Å². The van der Waals surface area contributed by atoms with Crippen molar-refractivity contribution in [2.75, 3.05) is 31.1 Å². The Kier molecular flexibility index (Phi) is 4.91. The number of hydrogen-bond donors (Lipinski definition) is 0. The molecule has 0 bridgehead atoms. The number of aromatic nitrogens is 3. The SMILES string of the molecule is N#Cc1c2n(c3c(N4CCN(Cc5ccccc5)CC4)ncnc13)CCCCC2. The van der Waals surface area contributed by atoms with Gasteiger partial charge in [-0.2, -0.15) is 5.26 Å². The maximum absolute atomic E-state index is 9.80. The summed E-state index contributed by atoms with van der Waals surface area (Å²) in [5.41, 5.74) is 5.18. The predicted octanol–water partition coefficient (Wildman–Crippen LogP) is 3.35. The maximum Gasteiger partial charge on any atom is 0.156 e. The third kappa shape index (κ3) is 3.36. The number of anilines is 1. The van der Waals surface area contributed by atoms with Crippen molar-refractivity contribution in [1.82, 2.24) is 19.4 Å². The van der Waals surface area contributed by atoms with Gasteiger partial charge in [-0.05, 0) is 24.8 Å². The Labute approximate surface area is 171 Å². The molecule has 0 spiro atoms. The lowest BCUT2D eigenvalue weighted by Gasteiger charge is -2.35. The van der Waals surface area contributed by atoms with Crippen molar-refractivity contribution in [3.63, 3.8) is 0 Å². The van der Waals surface area contributed by atoms with Crippen molar-refractivity contribution < 1.29 is 0 Å². The molecule has 1 fully saturated rings. The molecule has 148 valence electrons. The average Bonchev–Trinajstić information content (AvgIpc) is 2.89. The Hall–Kier alpha value is -2.91. The molecule has 0 unspecified atom stereocenters. The lowest BCUT2D eigenvalue weighted by Crippen LogP contribution is -2.46. The molecule has 0 atom stereocenters. The van der Waals surface area contributed by atoms with Gasteiger partial charge in [0.2, 0.25) is 0 Å². The topological polar surface area (TPSA) is 61.0 Å². The first-order valence-corrected chi connectivity index (χ1v) is 10.6. The van der Waals surface area contributed by atoms with E-state index in [2.05, 4.69) is 55.8 Å². The van der Waals surface area contributed by atoms with Crippen LogP contribution in [-0.4, -0.2) is 45.6 Å². The van der Waals surface area contributed by atoms with Crippen molar-refractivity contribution in [3.8, 4) is 6.07 Å². The van der Waals surface area contributed by atoms with Crippen LogP contribution in [0.15, 0.2) is 36.7 Å². The summed E-state index contributed by atoms with van der Waals surface area (Å²) < 4.78 is 2.34. The average molecular weight is 387 g/mol. The molecule has 6 heteroatoms. The van der Waals surface area contributed by atoms with E-state index in [4.69, 9.17) is 4.98 Å². The van der Waals surface area contributed by atoms with Gasteiger partial charge in [0.05, 0.1) is 5.56 Å². The van der Waals surface area contributed by atoms with E-state index < -0.39 is 0 Å². The van der Waals surface area contributed by atoms with Gasteiger partial charge in [-0.3, -0.25) is 4.90 Å². The van der Waals surface area contributed by atoms with Crippen molar-refractivity contribution in [2.45, 2.75) is 38.8 Å². The molecule has 1 saturated heterocycles. The lowest BCUT2D eigenvalue weighted by atomic mass is 10.1. The summed E-state index contributed by atoms with van der Waals surface area (Å²) in [6, 6.07) is 13.1. The van der Waals surface area contributed by atoms with Gasteiger partial charge < -0.3 is 9.47 Å². The fourth-order valence-electron chi connectivity index (χ4n) is 4.76. The zero-order valence-electron chi connectivity index (χ0n) is 16.7. The smallest absolute Gasteiger partial charge is 0.156 e. The van der Waals surface area contributed by atoms with E-state index in [1.807, 2.05) is 0 Å². The zero-order chi connectivity index (χ0) is 19.6. The van der Waals surface area contributed by atoms with Gasteiger partial charge in [0.15, 0.2) is 5.82 Å². The highest BCUT2D eigenvalue weighted by Crippen LogP contribution is 2.33. The highest BCUT2D eigenvalue weighted by Gasteiger charge is 2.26. The molecular formula is C23H26N6. The van der Waals surface area contributed by atoms with Crippen LogP contribution in [0.3, 0.4) is 0 Å². The largest absolute Gasteiger partial charge is 0.352 e. The predicted molar refractivity (Wildman–Crippen MR) is 114 cm³/mol. The number of benzene rings is 1. The monoisotopic (exact) mass is 386 g/mol. The summed E-state index contributed by atoms with van der Waals surface area (Å²) in [5, 5.41) is 9.80. The third-order valence-electron chi connectivity index (χ3n) is 6.25. The number of rotatable bonds is 3. The summed E-state index contributed by atoms with van der Waals surface area (Å²) in [4.78, 5) is 14.1. The molecule has 2 aromatic heterocycles. The molecule has 0 saturated carbocycles. The molecule has 4 heterocycles. The van der Waals surface area contributed by atoms with Gasteiger partial charge in [-0.1, -0.05) is 36.8 Å². The van der Waals surface area contributed by atoms with Gasteiger partial charge in [0.1, 0.15) is 23.4 Å². The zero-order valence-corrected chi connectivity index (χ0v) is 16.7. The summed E-state index contributed by atoms with van der Waals surface area (Å²) in [6.45, 7) is 5.87. The molecule has 1 aromatic carbocycles. The van der Waals surface area contributed by atoms with E-state index in [9.17, 15) is 5.26 Å². The Balaban J connectivity index is 1.43. The summed E-state index contributed by atoms with van der Waals surface area (Å²) >= 11 is 0. The fraction of sp³-hybridized carbons (Fsp3) is 0.435. The van der Waals surface area contributed by atoms with Crippen molar-refractivity contribution in [3.05, 3.63) is 53.5 Å². The van der Waals surface area contributed by atoms with E-state index in [0.29, 0.717) is 0 Å². The molecule has 6 nitrogen and oxygen atoms in total. The van der Waals surface area contributed by atoms with Crippen LogP contribution in [0.4, 0.5) is 5.82 Å². The minimum Gasteiger partial charge on any atom is -0.352 e. The van der Waals surface area contributed by atoms with Crippen LogP contribution in [0.2, 0.25) is 0 Å². The maximum atomic E-state index is 9.80. The highest BCUT2D eigenvalue weighted by molar-refractivity contribution is 5.92. The van der Waals surface area contributed by atoms with Gasteiger partial charge in [-0.15, -0.1) is 0 Å². The normalized spacial score (nSPS) is 17.7. The molecule has 5 rings (SSSR count). The molecule has 0 N–H and O–H groups in total. The molecule has 0 radical (unpaired) electrons. The Bertz CT molecular complexity index is 1040. The highest BCUT2D eigenvalue weighted by atomic mass is 15.3. The van der Waals surface area contributed by atoms with Crippen LogP contribution in [0, 0.1) is 11.3 Å². The van der Waals surface area contributed by atoms with E-state index >= 15 is 0 Å². The van der Waals surface area contributed by atoms with Crippen molar-refractivity contribution in [1.29, 1.82) is 5.26 Å². The van der Waals surface area contributed by atoms with E-state index in [-0.39, 0.29) is 0 Å². The summed E-state index contributed by atoms with van der Waals surface area (Å²) in [6.07, 6.45) is 6.11. The Morgan fingerprint density at radius 3 is 2.55 bits per heavy atom. The lowest BCUT2D eigenvalue weighted by molar-refractivity contribution is 0.249. The Morgan fingerprint density at radius 1 is 0.931 bits per heavy atom. The molecule has 2 aliphatic rings. The van der Waals surface area contributed by atoms with Gasteiger partial charge >= 0.3 is 0 Å². The van der Waals surface area contributed by atoms with Gasteiger partial charge in [-0.25, -0.2) is 9.97 Å². The fourth-order valence-corrected chi connectivity index (χ4v) is 4.76. The van der Waals surface area contributed by atoms with Gasteiger partial charge in [0.25, 0.3) is 0 Å². The molecule has 0 aliphatic carbocycles. The van der Waals surface area contributed by atoms with Crippen LogP contribution in [0.1, 0.15) is 36.1 Å². The summed E-state index contributed by atoms with van der Waals surface area (Å²) in [5.74, 6) is 0.999. The second-order valence-electron chi connectivity index (χ2n) is 8.04. The minimum absolute atomic E-state index is 0.758. The number of nitriles is 1. The van der Waals surface area contributed by atoms with E-state index in [1.54, 1.807) is 6.33 Å². The number of nitrogens with zero attached hydrogens (tertiary/aromatic N) is 6. The van der Waals surface area contributed by atoms with Crippen LogP contribution in [-0.2, 0) is 19.5 Å². The second kappa shape index (κ2) is 7.84. The molecule has 0 amide bonds. The van der Waals surface area contributed by atoms with Gasteiger partial charge in [0, 0.05) is 45.0 Å². The number of fused-ring (bicyclic) bond motifs is 3. The number of hydrogen-bond acceptors (Lipinski definition) is 5. The van der Waals surface area contributed by atoms with Crippen LogP contribution in [0.25, 0.3) is 11.0 Å². The Morgan fingerprint density at radius 2 is 1.76 bits per heavy atom. The molecule has 3 aromatic rings. The number of aryl methyl sites for hydroxylation is 1. The summed E-state index contributed by atoms with van der Waals surface area (Å²) in [7, 11) is 0. The van der Waals surface area contributed by atoms with Crippen LogP contribution >= 0.6 is 0 Å². The molecule has 2 aliphatic heterocycles. The molecule has 29 heavy (non-hydrogen) atoms.